The maximum absolute atomic E-state index is 11.5. The largest absolute Gasteiger partial charge is 0.469 e. The highest BCUT2D eigenvalue weighted by molar-refractivity contribution is 5.88. The van der Waals surface area contributed by atoms with Gasteiger partial charge in [0.15, 0.2) is 0 Å². The van der Waals surface area contributed by atoms with E-state index < -0.39 is 0 Å². The number of hydrogen-bond donors (Lipinski definition) is 1. The highest BCUT2D eigenvalue weighted by atomic mass is 16.5. The van der Waals surface area contributed by atoms with Crippen LogP contribution in [0, 0.1) is 0 Å². The molecule has 0 fully saturated rings. The Labute approximate surface area is 119 Å². The predicted molar refractivity (Wildman–Crippen MR) is 78.8 cm³/mol. The Bertz CT molecular complexity index is 613. The lowest BCUT2D eigenvalue weighted by molar-refractivity contribution is -0.139. The Morgan fingerprint density at radius 3 is 2.75 bits per heavy atom. The van der Waals surface area contributed by atoms with Crippen molar-refractivity contribution in [3.8, 4) is 0 Å². The summed E-state index contributed by atoms with van der Waals surface area (Å²) < 4.78 is 6.74. The number of aliphatic hydroxyl groups excluding tert-OH is 1. The number of fused-ring (bicyclic) bond motifs is 1. The zero-order chi connectivity index (χ0) is 14.7. The smallest absolute Gasteiger partial charge is 0.310 e. The maximum atomic E-state index is 11.5. The van der Waals surface area contributed by atoms with Crippen molar-refractivity contribution in [2.24, 2.45) is 0 Å². The molecule has 0 aliphatic carbocycles. The third kappa shape index (κ3) is 2.85. The summed E-state index contributed by atoms with van der Waals surface area (Å²) in [6, 6.07) is 6.29. The summed E-state index contributed by atoms with van der Waals surface area (Å²) in [5, 5.41) is 10.2. The van der Waals surface area contributed by atoms with Crippen LogP contribution in [0.5, 0.6) is 0 Å². The molecule has 0 radical (unpaired) electrons. The predicted octanol–water partition coefficient (Wildman–Crippen LogP) is 2.47. The monoisotopic (exact) mass is 275 g/mol. The van der Waals surface area contributed by atoms with Crippen molar-refractivity contribution >= 4 is 16.9 Å². The van der Waals surface area contributed by atoms with Gasteiger partial charge in [0.25, 0.3) is 0 Å². The zero-order valence-electron chi connectivity index (χ0n) is 12.2. The van der Waals surface area contributed by atoms with Gasteiger partial charge in [-0.15, -0.1) is 0 Å². The molecule has 0 bridgehead atoms. The van der Waals surface area contributed by atoms with Crippen molar-refractivity contribution < 1.29 is 14.6 Å². The summed E-state index contributed by atoms with van der Waals surface area (Å²) in [6.07, 6.45) is 2.19. The lowest BCUT2D eigenvalue weighted by Crippen LogP contribution is -2.04. The van der Waals surface area contributed by atoms with Crippen LogP contribution in [0.25, 0.3) is 10.9 Å². The van der Waals surface area contributed by atoms with Gasteiger partial charge in [0, 0.05) is 23.6 Å². The number of aliphatic hydroxyl groups is 1. The SMILES string of the molecule is COC(=O)Cc1cn(CCO)c2ccc(C(C)C)cc12. The quantitative estimate of drug-likeness (QED) is 0.853. The first-order valence-electron chi connectivity index (χ1n) is 6.86. The Hall–Kier alpha value is -1.81. The van der Waals surface area contributed by atoms with Gasteiger partial charge in [-0.25, -0.2) is 0 Å². The number of hydrogen-bond acceptors (Lipinski definition) is 3. The van der Waals surface area contributed by atoms with Gasteiger partial charge in [-0.05, 0) is 29.2 Å². The molecule has 2 rings (SSSR count). The third-order valence-electron chi connectivity index (χ3n) is 3.56. The van der Waals surface area contributed by atoms with Crippen LogP contribution in [0.1, 0.15) is 30.9 Å². The lowest BCUT2D eigenvalue weighted by Gasteiger charge is -2.07. The molecule has 0 unspecified atom stereocenters. The first kappa shape index (κ1) is 14.6. The van der Waals surface area contributed by atoms with Gasteiger partial charge in [-0.2, -0.15) is 0 Å². The number of ether oxygens (including phenoxy) is 1. The number of aromatic nitrogens is 1. The maximum Gasteiger partial charge on any atom is 0.310 e. The summed E-state index contributed by atoms with van der Waals surface area (Å²) in [4.78, 5) is 11.5. The molecule has 0 atom stereocenters. The minimum absolute atomic E-state index is 0.0768. The van der Waals surface area contributed by atoms with Crippen LogP contribution in [-0.2, 0) is 22.5 Å². The molecular weight excluding hydrogens is 254 g/mol. The molecule has 0 amide bonds. The fraction of sp³-hybridized carbons (Fsp3) is 0.438. The molecule has 1 heterocycles. The molecule has 1 N–H and O–H groups in total. The van der Waals surface area contributed by atoms with E-state index in [1.54, 1.807) is 0 Å². The Kier molecular flexibility index (Phi) is 4.45. The first-order chi connectivity index (χ1) is 9.56. The van der Waals surface area contributed by atoms with Gasteiger partial charge >= 0.3 is 5.97 Å². The standard InChI is InChI=1S/C16H21NO3/c1-11(2)12-4-5-15-14(8-12)13(9-16(19)20-3)10-17(15)6-7-18/h4-5,8,10-11,18H,6-7,9H2,1-3H3. The number of methoxy groups -OCH3 is 1. The molecule has 0 saturated heterocycles. The minimum Gasteiger partial charge on any atom is -0.469 e. The summed E-state index contributed by atoms with van der Waals surface area (Å²) in [5.74, 6) is 0.189. The highest BCUT2D eigenvalue weighted by Gasteiger charge is 2.13. The number of nitrogens with zero attached hydrogens (tertiary/aromatic N) is 1. The van der Waals surface area contributed by atoms with E-state index in [1.165, 1.54) is 12.7 Å². The lowest BCUT2D eigenvalue weighted by atomic mass is 10.00. The molecule has 20 heavy (non-hydrogen) atoms. The molecule has 0 aliphatic heterocycles. The number of carbonyl (C=O) groups excluding carboxylic acids is 1. The molecule has 108 valence electrons. The first-order valence-corrected chi connectivity index (χ1v) is 6.86. The van der Waals surface area contributed by atoms with Gasteiger partial charge in [0.05, 0.1) is 20.1 Å². The van der Waals surface area contributed by atoms with Gasteiger partial charge in [0.1, 0.15) is 0 Å². The van der Waals surface area contributed by atoms with E-state index in [-0.39, 0.29) is 19.0 Å². The van der Waals surface area contributed by atoms with Crippen molar-refractivity contribution in [1.29, 1.82) is 0 Å². The highest BCUT2D eigenvalue weighted by Crippen LogP contribution is 2.26. The number of carbonyl (C=O) groups is 1. The normalized spacial score (nSPS) is 11.2. The molecule has 0 spiro atoms. The average Bonchev–Trinajstić information content (AvgIpc) is 2.76. The second kappa shape index (κ2) is 6.09. The number of benzene rings is 1. The third-order valence-corrected chi connectivity index (χ3v) is 3.56. The zero-order valence-corrected chi connectivity index (χ0v) is 12.2. The Morgan fingerprint density at radius 2 is 2.15 bits per heavy atom. The number of esters is 1. The van der Waals surface area contributed by atoms with Gasteiger partial charge < -0.3 is 14.4 Å². The minimum atomic E-state index is -0.247. The molecular formula is C16H21NO3. The van der Waals surface area contributed by atoms with E-state index in [2.05, 4.69) is 32.0 Å². The second-order valence-corrected chi connectivity index (χ2v) is 5.26. The van der Waals surface area contributed by atoms with Crippen molar-refractivity contribution in [3.05, 3.63) is 35.5 Å². The molecule has 2 aromatic rings. The van der Waals surface area contributed by atoms with Gasteiger partial charge in [-0.3, -0.25) is 4.79 Å². The molecule has 1 aromatic heterocycles. The Morgan fingerprint density at radius 1 is 1.40 bits per heavy atom. The van der Waals surface area contributed by atoms with Crippen LogP contribution in [0.3, 0.4) is 0 Å². The molecule has 1 aromatic carbocycles. The summed E-state index contributed by atoms with van der Waals surface area (Å²) in [7, 11) is 1.40. The average molecular weight is 275 g/mol. The van der Waals surface area contributed by atoms with Crippen molar-refractivity contribution in [2.45, 2.75) is 32.7 Å². The van der Waals surface area contributed by atoms with Gasteiger partial charge in [0.2, 0.25) is 0 Å². The van der Waals surface area contributed by atoms with Crippen LogP contribution in [0.2, 0.25) is 0 Å². The van der Waals surface area contributed by atoms with E-state index in [0.717, 1.165) is 16.5 Å². The van der Waals surface area contributed by atoms with Gasteiger partial charge in [-0.1, -0.05) is 19.9 Å². The fourth-order valence-corrected chi connectivity index (χ4v) is 2.41. The topological polar surface area (TPSA) is 51.5 Å². The molecule has 4 nitrogen and oxygen atoms in total. The van der Waals surface area contributed by atoms with Crippen LogP contribution >= 0.6 is 0 Å². The van der Waals surface area contributed by atoms with E-state index >= 15 is 0 Å². The van der Waals surface area contributed by atoms with E-state index in [4.69, 9.17) is 9.84 Å². The van der Waals surface area contributed by atoms with Crippen molar-refractivity contribution in [2.75, 3.05) is 13.7 Å². The summed E-state index contributed by atoms with van der Waals surface area (Å²) in [5.41, 5.74) is 3.23. The van der Waals surface area contributed by atoms with E-state index in [1.807, 2.05) is 10.8 Å². The van der Waals surface area contributed by atoms with Crippen LogP contribution in [0.15, 0.2) is 24.4 Å². The van der Waals surface area contributed by atoms with Crippen molar-refractivity contribution in [3.63, 3.8) is 0 Å². The van der Waals surface area contributed by atoms with E-state index in [0.29, 0.717) is 12.5 Å². The number of rotatable bonds is 5. The van der Waals surface area contributed by atoms with Crippen LogP contribution < -0.4 is 0 Å². The molecule has 4 heteroatoms. The van der Waals surface area contributed by atoms with E-state index in [9.17, 15) is 4.79 Å². The summed E-state index contributed by atoms with van der Waals surface area (Å²) >= 11 is 0. The fourth-order valence-electron chi connectivity index (χ4n) is 2.41. The molecule has 0 saturated carbocycles. The van der Waals surface area contributed by atoms with Crippen LogP contribution in [-0.4, -0.2) is 29.4 Å². The van der Waals surface area contributed by atoms with Crippen LogP contribution in [0.4, 0.5) is 0 Å². The Balaban J connectivity index is 2.53. The second-order valence-electron chi connectivity index (χ2n) is 5.26. The molecule has 0 aliphatic rings. The van der Waals surface area contributed by atoms with Crippen molar-refractivity contribution in [1.82, 2.24) is 4.57 Å². The summed E-state index contributed by atoms with van der Waals surface area (Å²) in [6.45, 7) is 4.89.